The molecule has 5 rings (SSSR count). The zero-order valence-corrected chi connectivity index (χ0v) is 43.0. The number of methoxy groups -OCH3 is 1. The predicted molar refractivity (Wildman–Crippen MR) is 264 cm³/mol. The second-order valence-corrected chi connectivity index (χ2v) is 21.3. The number of thioether (sulfide) groups is 1. The van der Waals surface area contributed by atoms with Gasteiger partial charge in [-0.1, -0.05) is 27.2 Å². The highest BCUT2D eigenvalue weighted by atomic mass is 32.2. The number of ketones is 2. The third-order valence-electron chi connectivity index (χ3n) is 13.5. The van der Waals surface area contributed by atoms with Crippen LogP contribution in [0.3, 0.4) is 0 Å². The van der Waals surface area contributed by atoms with Gasteiger partial charge in [-0.3, -0.25) is 52.2 Å². The summed E-state index contributed by atoms with van der Waals surface area (Å²) in [6, 6.07) is -3.61. The van der Waals surface area contributed by atoms with Crippen molar-refractivity contribution >= 4 is 92.3 Å². The molecule has 12 N–H and O–H groups in total. The minimum Gasteiger partial charge on any atom is -0.496 e. The molecule has 1 aromatic carbocycles. The van der Waals surface area contributed by atoms with Gasteiger partial charge in [0.2, 0.25) is 47.3 Å². The number of nitrogens with zero attached hydrogens (tertiary/aromatic N) is 1. The zero-order valence-electron chi connectivity index (χ0n) is 41.4. The van der Waals surface area contributed by atoms with Crippen molar-refractivity contribution in [3.05, 3.63) is 23.3 Å². The van der Waals surface area contributed by atoms with Gasteiger partial charge in [0.25, 0.3) is 0 Å². The fourth-order valence-electron chi connectivity index (χ4n) is 9.18. The lowest BCUT2D eigenvalue weighted by Gasteiger charge is -2.32. The standard InChI is InChI=1S/C47H67N9O15S2/c1-6-22(2)29-13-26(59)16-50-42(65)25-11-30-28-7-8-37(71-5)31(20-72-10-9-49-24(4)58)41(28)55-46(30)73(70)21-33(52-39(64)17-51-43(29)66)44(67)53-32(15-38(48)63)47(69)56-18-27(60)14-34(56)45(68)54-40(35(61)12-25)23(3)36(62)19-57/h7-8,22-23,25,27,29,32-34,36,40,55,57,60,62H,6,9-21H2,1-5H3,(H2,48,63)(H,49,58)(H,50,65)(H,51,66)(H,52,64)(H,53,67)(H,54,68)/t22-,23-,25+,27+,29-,32-,33-,34-,36-,40-,73?/m0/s1. The first-order chi connectivity index (χ1) is 34.6. The molecule has 8 amide bonds. The van der Waals surface area contributed by atoms with Crippen LogP contribution >= 0.6 is 11.8 Å². The second-order valence-electron chi connectivity index (χ2n) is 18.7. The summed E-state index contributed by atoms with van der Waals surface area (Å²) in [5.41, 5.74) is 6.67. The van der Waals surface area contributed by atoms with Gasteiger partial charge in [0.05, 0.1) is 73.5 Å². The Kier molecular flexibility index (Phi) is 20.9. The SMILES string of the molecule is CC[C@H](C)[C@@H]1CC(=O)CNC(=O)[C@H]2CC(=O)[C@H]([C@@H](C)[C@@H](O)CO)NC(=O)[C@@H]3C[C@@H](O)CN3C(=O)[C@H](CC(N)=O)NC(=O)[C@H](CS(=O)c3[nH]c4c(CSCCNC(C)=O)c(OC)ccc4c3C2)NC(=O)CNC1=O. The van der Waals surface area contributed by atoms with Crippen LogP contribution in [-0.4, -0.2) is 176 Å². The number of H-pyrrole nitrogens is 1. The molecule has 1 aromatic heterocycles. The summed E-state index contributed by atoms with van der Waals surface area (Å²) in [5, 5.41) is 47.3. The Bertz CT molecular complexity index is 2470. The lowest BCUT2D eigenvalue weighted by molar-refractivity contribution is -0.144. The molecule has 73 heavy (non-hydrogen) atoms. The summed E-state index contributed by atoms with van der Waals surface area (Å²) >= 11 is 1.42. The highest BCUT2D eigenvalue weighted by Crippen LogP contribution is 2.37. The maximum atomic E-state index is 15.1. The molecule has 402 valence electrons. The summed E-state index contributed by atoms with van der Waals surface area (Å²) in [5.74, 6) is -12.2. The number of primary amides is 1. The Labute approximate surface area is 428 Å². The molecule has 26 heteroatoms. The number of carbonyl (C=O) groups excluding carboxylic acids is 10. The third kappa shape index (κ3) is 14.9. The predicted octanol–water partition coefficient (Wildman–Crippen LogP) is -3.07. The summed E-state index contributed by atoms with van der Waals surface area (Å²) in [7, 11) is -0.948. The number of aromatic nitrogens is 1. The van der Waals surface area contributed by atoms with Gasteiger partial charge in [-0.15, -0.1) is 0 Å². The number of rotatable bonds is 13. The van der Waals surface area contributed by atoms with E-state index in [0.717, 1.165) is 4.90 Å². The molecular formula is C47H67N9O15S2. The molecule has 1 unspecified atom stereocenters. The molecule has 0 spiro atoms. The van der Waals surface area contributed by atoms with Crippen LogP contribution in [0.2, 0.25) is 0 Å². The molecule has 2 aromatic rings. The van der Waals surface area contributed by atoms with E-state index in [1.165, 1.54) is 32.7 Å². The fraction of sp³-hybridized carbons (Fsp3) is 0.617. The molecule has 0 radical (unpaired) electrons. The van der Waals surface area contributed by atoms with Gasteiger partial charge in [-0.05, 0) is 30.0 Å². The number of fused-ring (bicyclic) bond motifs is 5. The van der Waals surface area contributed by atoms with Crippen LogP contribution in [0.25, 0.3) is 10.9 Å². The van der Waals surface area contributed by atoms with E-state index in [2.05, 4.69) is 36.9 Å². The molecule has 0 saturated carbocycles. The molecule has 24 nitrogen and oxygen atoms in total. The van der Waals surface area contributed by atoms with Gasteiger partial charge in [0, 0.05) is 79.5 Å². The number of nitrogens with one attached hydrogen (secondary N) is 7. The van der Waals surface area contributed by atoms with Crippen LogP contribution in [0.4, 0.5) is 0 Å². The number of nitrogens with two attached hydrogens (primary N) is 1. The molecule has 1 saturated heterocycles. The van der Waals surface area contributed by atoms with Crippen molar-refractivity contribution in [1.29, 1.82) is 0 Å². The van der Waals surface area contributed by atoms with Crippen molar-refractivity contribution in [2.75, 3.05) is 51.4 Å². The van der Waals surface area contributed by atoms with E-state index in [1.807, 2.05) is 0 Å². The zero-order chi connectivity index (χ0) is 53.8. The second kappa shape index (κ2) is 26.3. The van der Waals surface area contributed by atoms with E-state index in [4.69, 9.17) is 10.5 Å². The van der Waals surface area contributed by atoms with Crippen molar-refractivity contribution in [2.24, 2.45) is 29.4 Å². The number of aromatic amines is 1. The van der Waals surface area contributed by atoms with Crippen LogP contribution < -0.4 is 42.4 Å². The number of amides is 8. The number of benzene rings is 1. The van der Waals surface area contributed by atoms with Crippen LogP contribution in [0, 0.1) is 23.7 Å². The molecule has 0 aliphatic carbocycles. The molecule has 11 atom stereocenters. The van der Waals surface area contributed by atoms with E-state index in [1.54, 1.807) is 26.0 Å². The summed E-state index contributed by atoms with van der Waals surface area (Å²) in [6.45, 7) is 3.87. The van der Waals surface area contributed by atoms with Crippen LogP contribution in [0.15, 0.2) is 17.2 Å². The van der Waals surface area contributed by atoms with Gasteiger partial charge < -0.3 is 67.6 Å². The van der Waals surface area contributed by atoms with E-state index >= 15 is 4.21 Å². The first-order valence-electron chi connectivity index (χ1n) is 24.0. The molecule has 3 aliphatic rings. The van der Waals surface area contributed by atoms with Crippen molar-refractivity contribution in [3.8, 4) is 5.75 Å². The Morgan fingerprint density at radius 3 is 2.34 bits per heavy atom. The number of aliphatic hydroxyl groups is 3. The lowest BCUT2D eigenvalue weighted by Crippen LogP contribution is -2.60. The molecule has 2 bridgehead atoms. The Morgan fingerprint density at radius 2 is 1.68 bits per heavy atom. The van der Waals surface area contributed by atoms with E-state index in [9.17, 15) is 63.3 Å². The number of hydrogen-bond donors (Lipinski definition) is 11. The van der Waals surface area contributed by atoms with Gasteiger partial charge >= 0.3 is 0 Å². The molecule has 3 aliphatic heterocycles. The van der Waals surface area contributed by atoms with E-state index < -0.39 is 181 Å². The van der Waals surface area contributed by atoms with Gasteiger partial charge in [-0.25, -0.2) is 0 Å². The number of ether oxygens (including phenoxy) is 1. The number of Topliss-reactive ketones (excluding diaryl/α,β-unsaturated/α-hetero) is 2. The molecular weight excluding hydrogens is 995 g/mol. The third-order valence-corrected chi connectivity index (χ3v) is 15.9. The van der Waals surface area contributed by atoms with Gasteiger partial charge in [0.15, 0.2) is 11.6 Å². The molecule has 1 fully saturated rings. The van der Waals surface area contributed by atoms with Crippen LogP contribution in [-0.2, 0) is 70.9 Å². The average Bonchev–Trinajstić information content (AvgIpc) is 3.93. The van der Waals surface area contributed by atoms with Crippen LogP contribution in [0.5, 0.6) is 5.75 Å². The summed E-state index contributed by atoms with van der Waals surface area (Å²) < 4.78 is 20.9. The van der Waals surface area contributed by atoms with Crippen molar-refractivity contribution in [3.63, 3.8) is 0 Å². The van der Waals surface area contributed by atoms with Crippen molar-refractivity contribution in [1.82, 2.24) is 41.8 Å². The van der Waals surface area contributed by atoms with Gasteiger partial charge in [-0.2, -0.15) is 11.8 Å². The maximum Gasteiger partial charge on any atom is 0.246 e. The normalized spacial score (nSPS) is 26.5. The van der Waals surface area contributed by atoms with Gasteiger partial charge in [0.1, 0.15) is 28.9 Å². The highest BCUT2D eigenvalue weighted by Gasteiger charge is 2.45. The lowest BCUT2D eigenvalue weighted by atomic mass is 9.85. The monoisotopic (exact) mass is 1060 g/mol. The highest BCUT2D eigenvalue weighted by molar-refractivity contribution is 7.98. The number of aliphatic hydroxyl groups excluding tert-OH is 3. The first kappa shape index (κ1) is 57.9. The quantitative estimate of drug-likeness (QED) is 0.0887. The number of carbonyl (C=O) groups is 10. The fourth-order valence-corrected chi connectivity index (χ4v) is 11.5. The Morgan fingerprint density at radius 1 is 0.973 bits per heavy atom. The van der Waals surface area contributed by atoms with Crippen LogP contribution in [0.1, 0.15) is 70.9 Å². The van der Waals surface area contributed by atoms with E-state index in [-0.39, 0.29) is 28.7 Å². The average molecular weight is 1060 g/mol. The topological polar surface area (TPSA) is 375 Å². The minimum atomic E-state index is -2.38. The smallest absolute Gasteiger partial charge is 0.246 e. The largest absolute Gasteiger partial charge is 0.496 e. The number of hydrogen-bond acceptors (Lipinski definition) is 16. The summed E-state index contributed by atoms with van der Waals surface area (Å²) in [6.07, 6.45) is -5.26. The molecule has 4 heterocycles. The van der Waals surface area contributed by atoms with Crippen molar-refractivity contribution in [2.45, 2.75) is 113 Å². The van der Waals surface area contributed by atoms with Crippen molar-refractivity contribution < 1.29 is 72.2 Å². The summed E-state index contributed by atoms with van der Waals surface area (Å²) in [4.78, 5) is 142. The van der Waals surface area contributed by atoms with E-state index in [0.29, 0.717) is 40.9 Å². The Balaban J connectivity index is 1.78. The first-order valence-corrected chi connectivity index (χ1v) is 26.5. The minimum absolute atomic E-state index is 0.0827. The maximum absolute atomic E-state index is 15.1. The Hall–Kier alpha value is -5.96.